The van der Waals surface area contributed by atoms with Gasteiger partial charge in [-0.3, -0.25) is 0 Å². The van der Waals surface area contributed by atoms with Crippen molar-refractivity contribution in [1.82, 2.24) is 9.61 Å². The molecule has 0 amide bonds. The molecule has 0 bridgehead atoms. The molecule has 0 radical (unpaired) electrons. The molecule has 21 heavy (non-hydrogen) atoms. The first-order valence-corrected chi connectivity index (χ1v) is 6.54. The van der Waals surface area contributed by atoms with Gasteiger partial charge in [-0.2, -0.15) is 5.10 Å². The van der Waals surface area contributed by atoms with Gasteiger partial charge in [0.15, 0.2) is 0 Å². The van der Waals surface area contributed by atoms with E-state index in [-0.39, 0.29) is 0 Å². The van der Waals surface area contributed by atoms with E-state index in [1.165, 1.54) is 12.3 Å². The molecule has 1 fully saturated rings. The number of nitrogens with two attached hydrogens (primary N) is 1. The van der Waals surface area contributed by atoms with Crippen LogP contribution in [-0.2, 0) is 4.74 Å². The Balaban J connectivity index is 2.08. The van der Waals surface area contributed by atoms with Crippen LogP contribution in [0.5, 0.6) is 0 Å². The minimum Gasteiger partial charge on any atom is -0.397 e. The van der Waals surface area contributed by atoms with Crippen molar-refractivity contribution in [2.75, 3.05) is 12.3 Å². The van der Waals surface area contributed by atoms with Gasteiger partial charge in [0.2, 0.25) is 0 Å². The molecule has 0 unspecified atom stereocenters. The molecule has 3 heterocycles. The fourth-order valence-electron chi connectivity index (χ4n) is 2.70. The third-order valence-electron chi connectivity index (χ3n) is 3.98. The molecule has 2 aromatic heterocycles. The number of nitrogens with zero attached hydrogens (tertiary/aromatic N) is 2. The molecular weight excluding hydrogens is 274 g/mol. The van der Waals surface area contributed by atoms with E-state index in [0.29, 0.717) is 16.9 Å². The number of rotatable bonds is 3. The molecule has 1 saturated heterocycles. The molecule has 4 atom stereocenters. The Morgan fingerprint density at radius 2 is 2.19 bits per heavy atom. The van der Waals surface area contributed by atoms with Crippen LogP contribution in [-0.4, -0.2) is 49.3 Å². The molecule has 112 valence electrons. The van der Waals surface area contributed by atoms with Gasteiger partial charge in [-0.05, 0) is 18.2 Å². The van der Waals surface area contributed by atoms with Crippen LogP contribution in [0.15, 0.2) is 37.1 Å². The average molecular weight is 291 g/mol. The Morgan fingerprint density at radius 1 is 1.43 bits per heavy atom. The van der Waals surface area contributed by atoms with E-state index in [1.807, 2.05) is 0 Å². The summed E-state index contributed by atoms with van der Waals surface area (Å²) in [7, 11) is 0. The first-order chi connectivity index (χ1) is 10.0. The summed E-state index contributed by atoms with van der Waals surface area (Å²) in [6, 6.07) is 5.14. The fraction of sp³-hybridized carbons (Fsp3) is 0.357. The first-order valence-electron chi connectivity index (χ1n) is 6.54. The monoisotopic (exact) mass is 291 g/mol. The maximum atomic E-state index is 10.2. The Labute approximate surface area is 120 Å². The summed E-state index contributed by atoms with van der Waals surface area (Å²) in [5.41, 5.74) is 6.24. The van der Waals surface area contributed by atoms with E-state index in [9.17, 15) is 15.3 Å². The van der Waals surface area contributed by atoms with Gasteiger partial charge in [-0.1, -0.05) is 6.08 Å². The summed E-state index contributed by atoms with van der Waals surface area (Å²) in [6.45, 7) is 3.08. The van der Waals surface area contributed by atoms with Crippen molar-refractivity contribution < 1.29 is 20.1 Å². The van der Waals surface area contributed by atoms with Gasteiger partial charge in [0.05, 0.1) is 23.5 Å². The third-order valence-corrected chi connectivity index (χ3v) is 3.98. The smallest absolute Gasteiger partial charge is 0.138 e. The lowest BCUT2D eigenvalue weighted by molar-refractivity contribution is -0.0798. The zero-order valence-electron chi connectivity index (χ0n) is 11.3. The number of aliphatic hydroxyl groups excluding tert-OH is 3. The second kappa shape index (κ2) is 4.81. The predicted octanol–water partition coefficient (Wildman–Crippen LogP) is -0.373. The Morgan fingerprint density at radius 3 is 2.81 bits per heavy atom. The maximum Gasteiger partial charge on any atom is 0.138 e. The second-order valence-electron chi connectivity index (χ2n) is 5.13. The molecule has 0 saturated carbocycles. The number of aromatic nitrogens is 2. The van der Waals surface area contributed by atoms with Crippen LogP contribution in [0.1, 0.15) is 11.8 Å². The van der Waals surface area contributed by atoms with Gasteiger partial charge in [-0.25, -0.2) is 4.52 Å². The van der Waals surface area contributed by atoms with Crippen molar-refractivity contribution in [3.05, 3.63) is 42.7 Å². The first kappa shape index (κ1) is 14.0. The molecule has 0 spiro atoms. The van der Waals surface area contributed by atoms with Gasteiger partial charge in [0, 0.05) is 6.20 Å². The third kappa shape index (κ3) is 1.86. The summed E-state index contributed by atoms with van der Waals surface area (Å²) in [5, 5.41) is 34.0. The van der Waals surface area contributed by atoms with E-state index in [2.05, 4.69) is 11.7 Å². The quantitative estimate of drug-likeness (QED) is 0.574. The highest BCUT2D eigenvalue weighted by Gasteiger charge is 2.53. The number of ether oxygens (including phenoxy) is 1. The van der Waals surface area contributed by atoms with Gasteiger partial charge in [-0.15, -0.1) is 6.58 Å². The molecule has 7 nitrogen and oxygen atoms in total. The highest BCUT2D eigenvalue weighted by Crippen LogP contribution is 2.41. The van der Waals surface area contributed by atoms with Crippen LogP contribution in [0.2, 0.25) is 0 Å². The topological polar surface area (TPSA) is 113 Å². The Bertz CT molecular complexity index is 686. The summed E-state index contributed by atoms with van der Waals surface area (Å²) in [6.07, 6.45) is -0.496. The summed E-state index contributed by atoms with van der Waals surface area (Å²) in [4.78, 5) is 0. The second-order valence-corrected chi connectivity index (χ2v) is 5.13. The van der Waals surface area contributed by atoms with Gasteiger partial charge >= 0.3 is 0 Å². The van der Waals surface area contributed by atoms with Crippen molar-refractivity contribution >= 4 is 11.2 Å². The zero-order chi connectivity index (χ0) is 15.2. The molecule has 0 aliphatic carbocycles. The van der Waals surface area contributed by atoms with Crippen molar-refractivity contribution in [2.45, 2.75) is 23.9 Å². The largest absolute Gasteiger partial charge is 0.397 e. The van der Waals surface area contributed by atoms with Crippen LogP contribution >= 0.6 is 0 Å². The zero-order valence-corrected chi connectivity index (χ0v) is 11.3. The van der Waals surface area contributed by atoms with Crippen LogP contribution < -0.4 is 5.73 Å². The lowest BCUT2D eigenvalue weighted by atomic mass is 9.95. The van der Waals surface area contributed by atoms with Gasteiger partial charge in [0.1, 0.15) is 23.9 Å². The average Bonchev–Trinajstić information content (AvgIpc) is 3.02. The summed E-state index contributed by atoms with van der Waals surface area (Å²) in [5.74, 6) is 0. The minimum atomic E-state index is -1.39. The molecular formula is C14H17N3O4. The van der Waals surface area contributed by atoms with Crippen LogP contribution in [0.3, 0.4) is 0 Å². The van der Waals surface area contributed by atoms with E-state index in [1.54, 1.807) is 22.7 Å². The number of hydrogen-bond acceptors (Lipinski definition) is 6. The number of fused-ring (bicyclic) bond motifs is 1. The van der Waals surface area contributed by atoms with E-state index < -0.39 is 30.5 Å². The van der Waals surface area contributed by atoms with E-state index in [4.69, 9.17) is 10.5 Å². The van der Waals surface area contributed by atoms with Crippen LogP contribution in [0.4, 0.5) is 5.69 Å². The molecule has 2 aromatic rings. The minimum absolute atomic E-state index is 0.482. The maximum absolute atomic E-state index is 10.2. The number of aliphatic hydroxyl groups is 3. The molecule has 3 rings (SSSR count). The van der Waals surface area contributed by atoms with Crippen molar-refractivity contribution in [2.24, 2.45) is 0 Å². The molecule has 7 heteroatoms. The highest BCUT2D eigenvalue weighted by molar-refractivity contribution is 5.69. The highest BCUT2D eigenvalue weighted by atomic mass is 16.6. The molecule has 1 aliphatic heterocycles. The van der Waals surface area contributed by atoms with Crippen molar-refractivity contribution in [3.8, 4) is 0 Å². The Kier molecular flexibility index (Phi) is 3.22. The lowest BCUT2D eigenvalue weighted by Crippen LogP contribution is -2.44. The number of anilines is 1. The van der Waals surface area contributed by atoms with Crippen molar-refractivity contribution in [3.63, 3.8) is 0 Å². The molecule has 0 aromatic carbocycles. The molecule has 1 aliphatic rings. The fourth-order valence-corrected chi connectivity index (χ4v) is 2.70. The lowest BCUT2D eigenvalue weighted by Gasteiger charge is -2.25. The number of nitrogen functional groups attached to an aromatic ring is 1. The van der Waals surface area contributed by atoms with Gasteiger partial charge in [0.25, 0.3) is 0 Å². The van der Waals surface area contributed by atoms with Gasteiger partial charge < -0.3 is 25.8 Å². The SMILES string of the molecule is C=C[C@]1(CO)O[C@@H](c2ccc3c(N)ccnn23)[C@H](O)[C@@H]1O. The van der Waals surface area contributed by atoms with Crippen LogP contribution in [0.25, 0.3) is 5.52 Å². The summed E-state index contributed by atoms with van der Waals surface area (Å²) < 4.78 is 7.24. The van der Waals surface area contributed by atoms with E-state index >= 15 is 0 Å². The molecule has 5 N–H and O–H groups in total. The normalized spacial score (nSPS) is 32.6. The predicted molar refractivity (Wildman–Crippen MR) is 75.5 cm³/mol. The van der Waals surface area contributed by atoms with Crippen LogP contribution in [0, 0.1) is 0 Å². The number of hydrogen-bond donors (Lipinski definition) is 4. The summed E-state index contributed by atoms with van der Waals surface area (Å²) >= 11 is 0. The van der Waals surface area contributed by atoms with E-state index in [0.717, 1.165) is 0 Å². The Hall–Kier alpha value is -1.93. The van der Waals surface area contributed by atoms with Crippen molar-refractivity contribution in [1.29, 1.82) is 0 Å². The standard InChI is InChI=1S/C14H17N3O4/c1-2-14(7-18)13(20)11(19)12(21-14)10-4-3-9-8(15)5-6-16-17(9)10/h2-6,11-13,18-20H,1,7,15H2/t11-,12-,13-,14+/m0/s1.